The molecule has 0 bridgehead atoms. The normalized spacial score (nSPS) is 13.9. The van der Waals surface area contributed by atoms with Crippen molar-refractivity contribution in [2.24, 2.45) is 0 Å². The van der Waals surface area contributed by atoms with Gasteiger partial charge in [-0.3, -0.25) is 9.35 Å². The number of carbonyl (C=O) groups is 1. The lowest BCUT2D eigenvalue weighted by molar-refractivity contribution is -0.122. The maximum atomic E-state index is 12.4. The van der Waals surface area contributed by atoms with E-state index in [1.54, 1.807) is 6.08 Å². The first-order chi connectivity index (χ1) is 22.3. The smallest absolute Gasteiger partial charge is 0.267 e. The number of unbranched alkanes of at least 4 members (excludes halogenated alkanes) is 19. The van der Waals surface area contributed by atoms with Crippen molar-refractivity contribution < 1.29 is 22.9 Å². The molecule has 0 aliphatic rings. The van der Waals surface area contributed by atoms with Crippen LogP contribution in [0.15, 0.2) is 48.6 Å². The summed E-state index contributed by atoms with van der Waals surface area (Å²) in [6.45, 7) is 4.46. The van der Waals surface area contributed by atoms with E-state index in [1.807, 2.05) is 0 Å². The van der Waals surface area contributed by atoms with Crippen LogP contribution in [0.25, 0.3) is 0 Å². The van der Waals surface area contributed by atoms with E-state index in [4.69, 9.17) is 0 Å². The minimum Gasteiger partial charge on any atom is -0.387 e. The molecule has 0 aliphatic carbocycles. The van der Waals surface area contributed by atoms with Gasteiger partial charge in [0.25, 0.3) is 10.1 Å². The quantitative estimate of drug-likeness (QED) is 0.0368. The lowest BCUT2D eigenvalue weighted by Gasteiger charge is -2.21. The number of nitrogens with one attached hydrogen (secondary N) is 1. The highest BCUT2D eigenvalue weighted by molar-refractivity contribution is 7.85. The van der Waals surface area contributed by atoms with Gasteiger partial charge in [-0.25, -0.2) is 0 Å². The number of aliphatic hydroxyl groups excluding tert-OH is 1. The number of carbonyl (C=O) groups excluding carboxylic acids is 1. The van der Waals surface area contributed by atoms with Crippen LogP contribution >= 0.6 is 0 Å². The number of aliphatic hydroxyl groups is 1. The Bertz CT molecular complexity index is 909. The van der Waals surface area contributed by atoms with E-state index in [-0.39, 0.29) is 12.3 Å². The molecule has 0 rings (SSSR count). The largest absolute Gasteiger partial charge is 0.387 e. The Labute approximate surface area is 284 Å². The third kappa shape index (κ3) is 33.7. The third-order valence-corrected chi connectivity index (χ3v) is 8.99. The molecule has 3 N–H and O–H groups in total. The fourth-order valence-corrected chi connectivity index (χ4v) is 6.08. The summed E-state index contributed by atoms with van der Waals surface area (Å²) in [4.78, 5) is 12.4. The van der Waals surface area contributed by atoms with Crippen LogP contribution in [-0.4, -0.2) is 41.9 Å². The van der Waals surface area contributed by atoms with Gasteiger partial charge in [0.05, 0.1) is 17.9 Å². The number of hydrogen-bond donors (Lipinski definition) is 3. The molecule has 46 heavy (non-hydrogen) atoms. The molecule has 0 heterocycles. The average Bonchev–Trinajstić information content (AvgIpc) is 3.01. The van der Waals surface area contributed by atoms with Gasteiger partial charge in [-0.15, -0.1) is 0 Å². The van der Waals surface area contributed by atoms with Crippen molar-refractivity contribution in [3.05, 3.63) is 48.6 Å². The summed E-state index contributed by atoms with van der Waals surface area (Å²) >= 11 is 0. The summed E-state index contributed by atoms with van der Waals surface area (Å²) in [7, 11) is -4.35. The Morgan fingerprint density at radius 3 is 1.43 bits per heavy atom. The van der Waals surface area contributed by atoms with Crippen LogP contribution in [0.3, 0.4) is 0 Å². The van der Waals surface area contributed by atoms with Crippen LogP contribution in [0.5, 0.6) is 0 Å². The van der Waals surface area contributed by atoms with Gasteiger partial charge < -0.3 is 10.4 Å². The van der Waals surface area contributed by atoms with Crippen molar-refractivity contribution in [1.82, 2.24) is 5.32 Å². The van der Waals surface area contributed by atoms with E-state index in [0.717, 1.165) is 57.8 Å². The van der Waals surface area contributed by atoms with E-state index >= 15 is 0 Å². The summed E-state index contributed by atoms with van der Waals surface area (Å²) < 4.78 is 32.3. The Morgan fingerprint density at radius 2 is 0.957 bits per heavy atom. The fourth-order valence-electron chi connectivity index (χ4n) is 5.34. The van der Waals surface area contributed by atoms with Crippen molar-refractivity contribution >= 4 is 16.0 Å². The zero-order chi connectivity index (χ0) is 34.0. The van der Waals surface area contributed by atoms with Crippen LogP contribution in [-0.2, 0) is 14.9 Å². The summed E-state index contributed by atoms with van der Waals surface area (Å²) in [6, 6.07) is -1.08. The van der Waals surface area contributed by atoms with Crippen molar-refractivity contribution in [2.45, 2.75) is 187 Å². The van der Waals surface area contributed by atoms with Crippen LogP contribution in [0.4, 0.5) is 0 Å². The predicted octanol–water partition coefficient (Wildman–Crippen LogP) is 10.7. The van der Waals surface area contributed by atoms with Gasteiger partial charge in [-0.2, -0.15) is 8.42 Å². The first-order valence-electron chi connectivity index (χ1n) is 18.8. The number of amides is 1. The van der Waals surface area contributed by atoms with Crippen LogP contribution in [0.1, 0.15) is 174 Å². The summed E-state index contributed by atoms with van der Waals surface area (Å²) in [5, 5.41) is 13.1. The Kier molecular flexibility index (Phi) is 32.0. The highest BCUT2D eigenvalue weighted by atomic mass is 32.2. The van der Waals surface area contributed by atoms with Crippen LogP contribution < -0.4 is 5.32 Å². The maximum absolute atomic E-state index is 12.4. The molecular formula is C39H71NO5S. The monoisotopic (exact) mass is 666 g/mol. The lowest BCUT2D eigenvalue weighted by atomic mass is 10.1. The second-order valence-electron chi connectivity index (χ2n) is 12.8. The molecule has 0 aliphatic heterocycles. The predicted molar refractivity (Wildman–Crippen MR) is 198 cm³/mol. The molecule has 0 radical (unpaired) electrons. The summed E-state index contributed by atoms with van der Waals surface area (Å²) in [5.41, 5.74) is 0. The van der Waals surface area contributed by atoms with Gasteiger partial charge in [-0.05, 0) is 64.2 Å². The third-order valence-electron chi connectivity index (χ3n) is 8.21. The van der Waals surface area contributed by atoms with E-state index < -0.39 is 28.0 Å². The molecule has 0 aromatic carbocycles. The topological polar surface area (TPSA) is 104 Å². The molecule has 6 nitrogen and oxygen atoms in total. The molecule has 2 unspecified atom stereocenters. The molecule has 268 valence electrons. The molecule has 0 saturated carbocycles. The van der Waals surface area contributed by atoms with Crippen molar-refractivity contribution in [2.75, 3.05) is 5.75 Å². The van der Waals surface area contributed by atoms with Crippen molar-refractivity contribution in [3.63, 3.8) is 0 Å². The van der Waals surface area contributed by atoms with Crippen LogP contribution in [0.2, 0.25) is 0 Å². The molecule has 1 amide bonds. The van der Waals surface area contributed by atoms with Gasteiger partial charge in [0.1, 0.15) is 0 Å². The minimum atomic E-state index is -4.35. The second-order valence-corrected chi connectivity index (χ2v) is 14.3. The zero-order valence-electron chi connectivity index (χ0n) is 29.7. The molecule has 0 spiro atoms. The molecule has 0 aromatic heterocycles. The summed E-state index contributed by atoms with van der Waals surface area (Å²) in [5.74, 6) is -1.02. The number of hydrogen-bond acceptors (Lipinski definition) is 4. The molecular weight excluding hydrogens is 594 g/mol. The highest BCUT2D eigenvalue weighted by Crippen LogP contribution is 2.12. The van der Waals surface area contributed by atoms with Gasteiger partial charge in [-0.1, -0.05) is 152 Å². The molecule has 7 heteroatoms. The first kappa shape index (κ1) is 44.3. The molecule has 0 aromatic rings. The molecule has 0 fully saturated rings. The van der Waals surface area contributed by atoms with E-state index in [0.29, 0.717) is 12.8 Å². The minimum absolute atomic E-state index is 0.272. The van der Waals surface area contributed by atoms with Gasteiger partial charge in [0.2, 0.25) is 5.91 Å². The Morgan fingerprint density at radius 1 is 0.565 bits per heavy atom. The lowest BCUT2D eigenvalue weighted by Crippen LogP contribution is -2.46. The van der Waals surface area contributed by atoms with E-state index in [9.17, 15) is 22.9 Å². The fraction of sp³-hybridized carbons (Fsp3) is 0.769. The number of rotatable bonds is 33. The highest BCUT2D eigenvalue weighted by Gasteiger charge is 2.24. The Balaban J connectivity index is 4.05. The van der Waals surface area contributed by atoms with Crippen molar-refractivity contribution in [3.8, 4) is 0 Å². The van der Waals surface area contributed by atoms with Gasteiger partial charge in [0.15, 0.2) is 0 Å². The number of allylic oxidation sites excluding steroid dienone is 7. The van der Waals surface area contributed by atoms with Crippen LogP contribution in [0, 0.1) is 0 Å². The van der Waals surface area contributed by atoms with Gasteiger partial charge in [0, 0.05) is 6.42 Å². The first-order valence-corrected chi connectivity index (χ1v) is 20.4. The maximum Gasteiger partial charge on any atom is 0.267 e. The average molecular weight is 666 g/mol. The second kappa shape index (κ2) is 33.2. The Hall–Kier alpha value is -1.70. The SMILES string of the molecule is CCCC/C=C\CCCCCCCC(=O)NC(CS(=O)(=O)O)C(O)/C=C/CC/C=C/CC/C=C/CCCCCCCCCCCC. The summed E-state index contributed by atoms with van der Waals surface area (Å²) in [6.07, 6.45) is 43.9. The zero-order valence-corrected chi connectivity index (χ0v) is 30.5. The van der Waals surface area contributed by atoms with E-state index in [2.05, 4.69) is 55.6 Å². The molecule has 0 saturated heterocycles. The van der Waals surface area contributed by atoms with E-state index in [1.165, 1.54) is 89.5 Å². The van der Waals surface area contributed by atoms with Crippen molar-refractivity contribution in [1.29, 1.82) is 0 Å². The van der Waals surface area contributed by atoms with Gasteiger partial charge >= 0.3 is 0 Å². The molecule has 2 atom stereocenters. The standard InChI is InChI=1S/C39H71NO5S/c1-3-5-7-9-11-13-15-16-17-18-19-20-21-22-23-25-26-28-30-32-34-38(41)37(36-46(43,44)45)40-39(42)35-33-31-29-27-24-14-12-10-8-6-4-2/h10,12,20-21,25-26,32,34,37-38,41H,3-9,11,13-19,22-24,27-31,33,35-36H2,1-2H3,(H,40,42)(H,43,44,45)/b12-10-,21-20+,26-25+,34-32+.